The standard InChI is InChI=1S/C17H19ClO2/c1-17(2,3)13-5-8-14(9-6-13)20-15-7-4-12(11-19)16(18)10-15/h4-10,19H,11H2,1-3H3. The molecule has 1 N–H and O–H groups in total. The number of halogens is 1. The smallest absolute Gasteiger partial charge is 0.128 e. The Morgan fingerprint density at radius 2 is 1.60 bits per heavy atom. The highest BCUT2D eigenvalue weighted by Crippen LogP contribution is 2.29. The number of hydrogen-bond donors (Lipinski definition) is 1. The third-order valence-electron chi connectivity index (χ3n) is 3.15. The van der Waals surface area contributed by atoms with E-state index in [1.54, 1.807) is 18.2 Å². The minimum absolute atomic E-state index is 0.0700. The molecule has 0 aliphatic heterocycles. The Hall–Kier alpha value is -1.51. The van der Waals surface area contributed by atoms with Crippen LogP contribution in [-0.2, 0) is 12.0 Å². The third kappa shape index (κ3) is 3.53. The van der Waals surface area contributed by atoms with E-state index in [1.807, 2.05) is 12.1 Å². The van der Waals surface area contributed by atoms with Gasteiger partial charge in [0.25, 0.3) is 0 Å². The molecule has 2 aromatic rings. The van der Waals surface area contributed by atoms with Gasteiger partial charge < -0.3 is 9.84 Å². The Bertz CT molecular complexity index is 583. The number of aliphatic hydroxyl groups excluding tert-OH is 1. The molecule has 2 aromatic carbocycles. The van der Waals surface area contributed by atoms with Gasteiger partial charge in [0.05, 0.1) is 6.61 Å². The predicted molar refractivity (Wildman–Crippen MR) is 82.6 cm³/mol. The summed E-state index contributed by atoms with van der Waals surface area (Å²) >= 11 is 6.04. The Labute approximate surface area is 125 Å². The Morgan fingerprint density at radius 1 is 1.00 bits per heavy atom. The molecule has 0 unspecified atom stereocenters. The van der Waals surface area contributed by atoms with E-state index < -0.39 is 0 Å². The summed E-state index contributed by atoms with van der Waals surface area (Å²) in [5, 5.41) is 9.59. The predicted octanol–water partition coefficient (Wildman–Crippen LogP) is 4.92. The molecule has 0 fully saturated rings. The fourth-order valence-corrected chi connectivity index (χ4v) is 2.11. The van der Waals surface area contributed by atoms with Gasteiger partial charge in [-0.25, -0.2) is 0 Å². The maximum Gasteiger partial charge on any atom is 0.128 e. The van der Waals surface area contributed by atoms with E-state index in [0.717, 1.165) is 5.75 Å². The molecular formula is C17H19ClO2. The summed E-state index contributed by atoms with van der Waals surface area (Å²) in [5.41, 5.74) is 2.09. The van der Waals surface area contributed by atoms with E-state index in [0.29, 0.717) is 16.3 Å². The van der Waals surface area contributed by atoms with Gasteiger partial charge in [0.1, 0.15) is 11.5 Å². The molecule has 0 radical (unpaired) electrons. The SMILES string of the molecule is CC(C)(C)c1ccc(Oc2ccc(CO)c(Cl)c2)cc1. The van der Waals surface area contributed by atoms with Crippen molar-refractivity contribution in [3.63, 3.8) is 0 Å². The first-order valence-electron chi connectivity index (χ1n) is 6.58. The summed E-state index contributed by atoms with van der Waals surface area (Å²) in [6.45, 7) is 6.46. The number of ether oxygens (including phenoxy) is 1. The molecule has 0 aliphatic carbocycles. The number of rotatable bonds is 3. The molecular weight excluding hydrogens is 272 g/mol. The highest BCUT2D eigenvalue weighted by atomic mass is 35.5. The van der Waals surface area contributed by atoms with Gasteiger partial charge in [0, 0.05) is 5.02 Å². The monoisotopic (exact) mass is 290 g/mol. The van der Waals surface area contributed by atoms with Crippen molar-refractivity contribution < 1.29 is 9.84 Å². The normalized spacial score (nSPS) is 11.4. The Balaban J connectivity index is 2.16. The summed E-state index contributed by atoms with van der Waals surface area (Å²) in [6.07, 6.45) is 0. The van der Waals surface area contributed by atoms with Crippen molar-refractivity contribution in [2.24, 2.45) is 0 Å². The van der Waals surface area contributed by atoms with Crippen LogP contribution >= 0.6 is 11.6 Å². The van der Waals surface area contributed by atoms with Gasteiger partial charge in [-0.1, -0.05) is 50.6 Å². The summed E-state index contributed by atoms with van der Waals surface area (Å²) < 4.78 is 5.76. The lowest BCUT2D eigenvalue weighted by Gasteiger charge is -2.19. The van der Waals surface area contributed by atoms with Crippen molar-refractivity contribution >= 4 is 11.6 Å². The minimum atomic E-state index is -0.0700. The Kier molecular flexibility index (Phi) is 4.36. The van der Waals surface area contributed by atoms with Crippen molar-refractivity contribution in [2.75, 3.05) is 0 Å². The maximum atomic E-state index is 9.08. The molecule has 0 amide bonds. The summed E-state index contributed by atoms with van der Waals surface area (Å²) in [4.78, 5) is 0. The van der Waals surface area contributed by atoms with E-state index in [9.17, 15) is 0 Å². The van der Waals surface area contributed by atoms with E-state index in [1.165, 1.54) is 5.56 Å². The van der Waals surface area contributed by atoms with Crippen molar-refractivity contribution in [1.29, 1.82) is 0 Å². The van der Waals surface area contributed by atoms with Crippen molar-refractivity contribution in [1.82, 2.24) is 0 Å². The second kappa shape index (κ2) is 5.86. The van der Waals surface area contributed by atoms with Gasteiger partial charge in [-0.3, -0.25) is 0 Å². The lowest BCUT2D eigenvalue weighted by Crippen LogP contribution is -2.10. The van der Waals surface area contributed by atoms with Gasteiger partial charge in [0.15, 0.2) is 0 Å². The highest BCUT2D eigenvalue weighted by molar-refractivity contribution is 6.31. The van der Waals surface area contributed by atoms with Crippen LogP contribution < -0.4 is 4.74 Å². The molecule has 0 saturated carbocycles. The van der Waals surface area contributed by atoms with Crippen LogP contribution in [0.4, 0.5) is 0 Å². The van der Waals surface area contributed by atoms with Crippen LogP contribution in [0.25, 0.3) is 0 Å². The van der Waals surface area contributed by atoms with Crippen LogP contribution in [0.3, 0.4) is 0 Å². The first kappa shape index (κ1) is 14.9. The molecule has 0 heterocycles. The maximum absolute atomic E-state index is 9.08. The van der Waals surface area contributed by atoms with Crippen molar-refractivity contribution in [3.05, 3.63) is 58.6 Å². The topological polar surface area (TPSA) is 29.5 Å². The number of aliphatic hydroxyl groups is 1. The Morgan fingerprint density at radius 3 is 2.10 bits per heavy atom. The van der Waals surface area contributed by atoms with Crippen LogP contribution in [0.1, 0.15) is 31.9 Å². The molecule has 106 valence electrons. The molecule has 0 aromatic heterocycles. The van der Waals surface area contributed by atoms with Crippen LogP contribution in [0.15, 0.2) is 42.5 Å². The van der Waals surface area contributed by atoms with Crippen LogP contribution in [0, 0.1) is 0 Å². The second-order valence-corrected chi connectivity index (χ2v) is 6.19. The molecule has 2 nitrogen and oxygen atoms in total. The first-order chi connectivity index (χ1) is 9.40. The number of benzene rings is 2. The molecule has 3 heteroatoms. The van der Waals surface area contributed by atoms with E-state index in [2.05, 4.69) is 32.9 Å². The van der Waals surface area contributed by atoms with Gasteiger partial charge >= 0.3 is 0 Å². The van der Waals surface area contributed by atoms with Gasteiger partial charge in [-0.2, -0.15) is 0 Å². The fraction of sp³-hybridized carbons (Fsp3) is 0.294. The largest absolute Gasteiger partial charge is 0.457 e. The van der Waals surface area contributed by atoms with Gasteiger partial charge in [-0.15, -0.1) is 0 Å². The lowest BCUT2D eigenvalue weighted by atomic mass is 9.87. The van der Waals surface area contributed by atoms with E-state index in [4.69, 9.17) is 21.4 Å². The van der Waals surface area contributed by atoms with Crippen LogP contribution in [-0.4, -0.2) is 5.11 Å². The molecule has 0 atom stereocenters. The van der Waals surface area contributed by atoms with Crippen LogP contribution in [0.2, 0.25) is 5.02 Å². The molecule has 2 rings (SSSR count). The summed E-state index contributed by atoms with van der Waals surface area (Å²) in [5.74, 6) is 1.43. The molecule has 0 spiro atoms. The highest BCUT2D eigenvalue weighted by Gasteiger charge is 2.13. The van der Waals surface area contributed by atoms with E-state index >= 15 is 0 Å². The minimum Gasteiger partial charge on any atom is -0.457 e. The molecule has 0 aliphatic rings. The zero-order valence-corrected chi connectivity index (χ0v) is 12.7. The zero-order valence-electron chi connectivity index (χ0n) is 12.0. The first-order valence-corrected chi connectivity index (χ1v) is 6.95. The van der Waals surface area contributed by atoms with Gasteiger partial charge in [-0.05, 0) is 40.8 Å². The van der Waals surface area contributed by atoms with Gasteiger partial charge in [0.2, 0.25) is 0 Å². The second-order valence-electron chi connectivity index (χ2n) is 5.79. The van der Waals surface area contributed by atoms with Crippen LogP contribution in [0.5, 0.6) is 11.5 Å². The average molecular weight is 291 g/mol. The van der Waals surface area contributed by atoms with E-state index in [-0.39, 0.29) is 12.0 Å². The molecule has 0 bridgehead atoms. The van der Waals surface area contributed by atoms with Crippen molar-refractivity contribution in [3.8, 4) is 11.5 Å². The average Bonchev–Trinajstić information content (AvgIpc) is 2.38. The summed E-state index contributed by atoms with van der Waals surface area (Å²) in [6, 6.07) is 13.3. The van der Waals surface area contributed by atoms with Crippen molar-refractivity contribution in [2.45, 2.75) is 32.8 Å². The quantitative estimate of drug-likeness (QED) is 0.869. The summed E-state index contributed by atoms with van der Waals surface area (Å²) in [7, 11) is 0. The molecule has 0 saturated heterocycles. The number of hydrogen-bond acceptors (Lipinski definition) is 2. The molecule has 20 heavy (non-hydrogen) atoms. The zero-order chi connectivity index (χ0) is 14.8. The third-order valence-corrected chi connectivity index (χ3v) is 3.50. The fourth-order valence-electron chi connectivity index (χ4n) is 1.88. The lowest BCUT2D eigenvalue weighted by molar-refractivity contribution is 0.282.